The van der Waals surface area contributed by atoms with E-state index in [4.69, 9.17) is 4.74 Å². The number of carbonyl (C=O) groups is 2. The molecular weight excluding hydrogens is 272 g/mol. The molecule has 1 aliphatic heterocycles. The van der Waals surface area contributed by atoms with E-state index in [1.54, 1.807) is 0 Å². The van der Waals surface area contributed by atoms with E-state index in [0.717, 1.165) is 0 Å². The third-order valence-electron chi connectivity index (χ3n) is 4.11. The summed E-state index contributed by atoms with van der Waals surface area (Å²) >= 11 is 0. The molecule has 0 bridgehead atoms. The van der Waals surface area contributed by atoms with Crippen LogP contribution in [0.1, 0.15) is 25.7 Å². The topological polar surface area (TPSA) is 75.6 Å². The normalized spacial score (nSPS) is 24.7. The summed E-state index contributed by atoms with van der Waals surface area (Å²) in [6, 6.07) is 0. The highest BCUT2D eigenvalue weighted by atomic mass is 19.3. The van der Waals surface area contributed by atoms with E-state index in [-0.39, 0.29) is 12.5 Å². The van der Waals surface area contributed by atoms with Crippen molar-refractivity contribution in [1.82, 2.24) is 5.32 Å². The van der Waals surface area contributed by atoms with Crippen LogP contribution in [0.2, 0.25) is 0 Å². The zero-order valence-corrected chi connectivity index (χ0v) is 11.1. The van der Waals surface area contributed by atoms with Gasteiger partial charge in [0, 0.05) is 38.5 Å². The molecule has 0 radical (unpaired) electrons. The number of hydrogen-bond donors (Lipinski definition) is 2. The molecule has 2 fully saturated rings. The molecule has 0 spiro atoms. The van der Waals surface area contributed by atoms with Crippen molar-refractivity contribution in [2.45, 2.75) is 31.6 Å². The number of amides is 1. The molecule has 20 heavy (non-hydrogen) atoms. The number of carboxylic acid groups (broad SMARTS) is 1. The van der Waals surface area contributed by atoms with Crippen molar-refractivity contribution in [1.29, 1.82) is 0 Å². The zero-order valence-electron chi connectivity index (χ0n) is 11.1. The Morgan fingerprint density at radius 1 is 1.30 bits per heavy atom. The van der Waals surface area contributed by atoms with Crippen molar-refractivity contribution in [2.75, 3.05) is 19.8 Å². The number of halogens is 2. The minimum absolute atomic E-state index is 0.000898. The predicted octanol–water partition coefficient (Wildman–Crippen LogP) is 1.28. The summed E-state index contributed by atoms with van der Waals surface area (Å²) < 4.78 is 30.5. The summed E-state index contributed by atoms with van der Waals surface area (Å²) in [5, 5.41) is 11.7. The van der Waals surface area contributed by atoms with E-state index in [2.05, 4.69) is 5.32 Å². The lowest BCUT2D eigenvalue weighted by molar-refractivity contribution is -0.151. The van der Waals surface area contributed by atoms with Gasteiger partial charge in [0.1, 0.15) is 0 Å². The third kappa shape index (κ3) is 3.65. The average Bonchev–Trinajstić information content (AvgIpc) is 2.36. The minimum atomic E-state index is -2.74. The molecule has 1 amide bonds. The van der Waals surface area contributed by atoms with Gasteiger partial charge in [0.05, 0.1) is 5.92 Å². The van der Waals surface area contributed by atoms with Gasteiger partial charge in [0.25, 0.3) is 0 Å². The Morgan fingerprint density at radius 2 is 1.90 bits per heavy atom. The molecule has 1 unspecified atom stereocenters. The fourth-order valence-electron chi connectivity index (χ4n) is 2.78. The third-order valence-corrected chi connectivity index (χ3v) is 4.11. The lowest BCUT2D eigenvalue weighted by atomic mass is 9.80. The number of nitrogens with one attached hydrogen (secondary N) is 1. The van der Waals surface area contributed by atoms with Crippen molar-refractivity contribution in [2.24, 2.45) is 17.8 Å². The van der Waals surface area contributed by atoms with Crippen molar-refractivity contribution < 1.29 is 28.2 Å². The van der Waals surface area contributed by atoms with Gasteiger partial charge in [0.2, 0.25) is 11.8 Å². The van der Waals surface area contributed by atoms with Crippen LogP contribution in [0.15, 0.2) is 0 Å². The van der Waals surface area contributed by atoms with Gasteiger partial charge in [-0.1, -0.05) is 0 Å². The molecule has 0 aromatic heterocycles. The van der Waals surface area contributed by atoms with E-state index < -0.39 is 42.5 Å². The second-order valence-electron chi connectivity index (χ2n) is 5.60. The van der Waals surface area contributed by atoms with Crippen LogP contribution < -0.4 is 5.32 Å². The molecule has 5 nitrogen and oxygen atoms in total. The highest BCUT2D eigenvalue weighted by Crippen LogP contribution is 2.42. The first-order valence-electron chi connectivity index (χ1n) is 6.85. The van der Waals surface area contributed by atoms with E-state index in [9.17, 15) is 23.5 Å². The molecule has 1 heterocycles. The predicted molar refractivity (Wildman–Crippen MR) is 65.3 cm³/mol. The van der Waals surface area contributed by atoms with Crippen molar-refractivity contribution >= 4 is 11.9 Å². The molecule has 0 aromatic rings. The second-order valence-corrected chi connectivity index (χ2v) is 5.60. The Kier molecular flexibility index (Phi) is 4.57. The van der Waals surface area contributed by atoms with E-state index >= 15 is 0 Å². The van der Waals surface area contributed by atoms with Crippen molar-refractivity contribution in [3.8, 4) is 0 Å². The summed E-state index contributed by atoms with van der Waals surface area (Å²) in [4.78, 5) is 22.9. The largest absolute Gasteiger partial charge is 0.481 e. The maximum atomic E-state index is 12.7. The Bertz CT molecular complexity index is 375. The minimum Gasteiger partial charge on any atom is -0.481 e. The van der Waals surface area contributed by atoms with E-state index in [1.807, 2.05) is 0 Å². The van der Waals surface area contributed by atoms with E-state index in [0.29, 0.717) is 26.1 Å². The number of carboxylic acids is 1. The quantitative estimate of drug-likeness (QED) is 0.800. The fraction of sp³-hybridized carbons (Fsp3) is 0.846. The highest BCUT2D eigenvalue weighted by molar-refractivity contribution is 5.80. The van der Waals surface area contributed by atoms with Gasteiger partial charge in [-0.15, -0.1) is 0 Å². The Labute approximate surface area is 115 Å². The molecule has 1 saturated heterocycles. The fourth-order valence-corrected chi connectivity index (χ4v) is 2.78. The molecule has 114 valence electrons. The van der Waals surface area contributed by atoms with Crippen LogP contribution in [0.4, 0.5) is 8.78 Å². The van der Waals surface area contributed by atoms with Gasteiger partial charge in [-0.2, -0.15) is 0 Å². The molecule has 2 aliphatic rings. The van der Waals surface area contributed by atoms with Crippen LogP contribution in [0.25, 0.3) is 0 Å². The molecule has 1 atom stereocenters. The smallest absolute Gasteiger partial charge is 0.308 e. The zero-order chi connectivity index (χ0) is 14.8. The summed E-state index contributed by atoms with van der Waals surface area (Å²) in [5.41, 5.74) is 0. The summed E-state index contributed by atoms with van der Waals surface area (Å²) in [7, 11) is 0. The van der Waals surface area contributed by atoms with Gasteiger partial charge in [0.15, 0.2) is 0 Å². The van der Waals surface area contributed by atoms with Gasteiger partial charge < -0.3 is 15.2 Å². The van der Waals surface area contributed by atoms with Gasteiger partial charge >= 0.3 is 5.97 Å². The van der Waals surface area contributed by atoms with Crippen LogP contribution in [-0.2, 0) is 14.3 Å². The maximum Gasteiger partial charge on any atom is 0.308 e. The highest BCUT2D eigenvalue weighted by Gasteiger charge is 2.48. The number of ether oxygens (including phenoxy) is 1. The molecule has 2 rings (SSSR count). The van der Waals surface area contributed by atoms with Gasteiger partial charge in [-0.3, -0.25) is 9.59 Å². The first kappa shape index (κ1) is 15.2. The van der Waals surface area contributed by atoms with Crippen LogP contribution in [0.3, 0.4) is 0 Å². The first-order chi connectivity index (χ1) is 9.39. The van der Waals surface area contributed by atoms with Crippen LogP contribution in [0, 0.1) is 17.8 Å². The molecule has 7 heteroatoms. The number of hydrogen-bond acceptors (Lipinski definition) is 3. The van der Waals surface area contributed by atoms with Crippen LogP contribution >= 0.6 is 0 Å². The number of alkyl halides is 2. The van der Waals surface area contributed by atoms with Crippen molar-refractivity contribution in [3.63, 3.8) is 0 Å². The van der Waals surface area contributed by atoms with Gasteiger partial charge in [-0.25, -0.2) is 8.78 Å². The Morgan fingerprint density at radius 3 is 2.40 bits per heavy atom. The standard InChI is InChI=1S/C13H19F2NO4/c14-13(15)5-9(6-13)11(17)16-7-10(12(18)19)8-1-3-20-4-2-8/h8-10H,1-7H2,(H,16,17)(H,18,19). The summed E-state index contributed by atoms with van der Waals surface area (Å²) in [6.07, 6.45) is 0.421. The summed E-state index contributed by atoms with van der Waals surface area (Å²) in [6.45, 7) is 1.05. The Hall–Kier alpha value is -1.24. The monoisotopic (exact) mass is 291 g/mol. The number of aliphatic carboxylic acids is 1. The van der Waals surface area contributed by atoms with Gasteiger partial charge in [-0.05, 0) is 18.8 Å². The first-order valence-corrected chi connectivity index (χ1v) is 6.85. The molecule has 1 aliphatic carbocycles. The Balaban J connectivity index is 1.80. The molecule has 2 N–H and O–H groups in total. The van der Waals surface area contributed by atoms with E-state index in [1.165, 1.54) is 0 Å². The van der Waals surface area contributed by atoms with Crippen molar-refractivity contribution in [3.05, 3.63) is 0 Å². The molecular formula is C13H19F2NO4. The molecule has 1 saturated carbocycles. The van der Waals surface area contributed by atoms with Crippen LogP contribution in [-0.4, -0.2) is 42.7 Å². The maximum absolute atomic E-state index is 12.7. The lowest BCUT2D eigenvalue weighted by Crippen LogP contribution is -2.47. The number of rotatable bonds is 5. The second kappa shape index (κ2) is 6.03. The SMILES string of the molecule is O=C(NCC(C(=O)O)C1CCOCC1)C1CC(F)(F)C1. The average molecular weight is 291 g/mol. The summed E-state index contributed by atoms with van der Waals surface area (Å²) in [5.74, 6) is -5.57. The number of carbonyl (C=O) groups excluding carboxylic acids is 1. The van der Waals surface area contributed by atoms with Crippen LogP contribution in [0.5, 0.6) is 0 Å². The lowest BCUT2D eigenvalue weighted by Gasteiger charge is -2.34. The molecule has 0 aromatic carbocycles.